The molecule has 0 amide bonds. The molecule has 4 aliphatic carbocycles. The van der Waals surface area contributed by atoms with E-state index in [9.17, 15) is 35.5 Å². The van der Waals surface area contributed by atoms with Crippen LogP contribution in [0, 0.1) is 28.6 Å². The third kappa shape index (κ3) is 3.88. The van der Waals surface area contributed by atoms with Crippen LogP contribution in [0.25, 0.3) is 0 Å². The van der Waals surface area contributed by atoms with Crippen molar-refractivity contribution in [1.29, 1.82) is 0 Å². The molecule has 13 atom stereocenters. The molecular weight excluding hydrogens is 522 g/mol. The van der Waals surface area contributed by atoms with E-state index >= 15 is 0 Å². The van der Waals surface area contributed by atoms with Crippen molar-refractivity contribution in [2.24, 2.45) is 33.7 Å². The van der Waals surface area contributed by atoms with Crippen molar-refractivity contribution in [3.63, 3.8) is 0 Å². The van der Waals surface area contributed by atoms with Crippen LogP contribution in [0.2, 0.25) is 0 Å². The molecule has 2 heterocycles. The second-order valence-electron chi connectivity index (χ2n) is 13.5. The zero-order valence-electron chi connectivity index (χ0n) is 23.2. The normalized spacial score (nSPS) is 54.4. The number of fused-ring (bicyclic) bond motifs is 5. The summed E-state index contributed by atoms with van der Waals surface area (Å²) in [6, 6.07) is 0. The Hall–Kier alpha value is -1.60. The number of esters is 1. The number of cyclic esters (lactones) is 1. The minimum absolute atomic E-state index is 0.0514. The summed E-state index contributed by atoms with van der Waals surface area (Å²) in [4.78, 5) is 11.8. The average molecular weight is 566 g/mol. The summed E-state index contributed by atoms with van der Waals surface area (Å²) < 4.78 is 16.9. The largest absolute Gasteiger partial charge is 0.458 e. The van der Waals surface area contributed by atoms with Crippen molar-refractivity contribution in [3.8, 4) is 0 Å². The molecule has 1 saturated heterocycles. The number of aliphatic hydroxyl groups excluding tert-OH is 3. The van der Waals surface area contributed by atoms with Gasteiger partial charge in [0.2, 0.25) is 0 Å². The van der Waals surface area contributed by atoms with E-state index in [1.807, 2.05) is 0 Å². The molecule has 4 saturated carbocycles. The lowest BCUT2D eigenvalue weighted by atomic mass is 9.41. The Bertz CT molecular complexity index is 1080. The molecule has 6 aliphatic rings. The fourth-order valence-corrected chi connectivity index (χ4v) is 9.88. The van der Waals surface area contributed by atoms with Crippen LogP contribution in [0.15, 0.2) is 16.8 Å². The van der Waals surface area contributed by atoms with E-state index in [0.29, 0.717) is 38.5 Å². The molecule has 0 unspecified atom stereocenters. The average Bonchev–Trinajstić information content (AvgIpc) is 3.46. The highest BCUT2D eigenvalue weighted by molar-refractivity contribution is 5.85. The van der Waals surface area contributed by atoms with E-state index in [0.717, 1.165) is 18.4 Å². The Morgan fingerprint density at radius 1 is 1.00 bits per heavy atom. The molecular formula is C29H43NO10. The number of carbonyl (C=O) groups excluding carboxylic acids is 1. The van der Waals surface area contributed by atoms with Gasteiger partial charge >= 0.3 is 5.97 Å². The molecule has 0 aromatic rings. The van der Waals surface area contributed by atoms with Gasteiger partial charge in [-0.2, -0.15) is 0 Å². The highest BCUT2D eigenvalue weighted by atomic mass is 16.7. The van der Waals surface area contributed by atoms with E-state index in [1.54, 1.807) is 13.0 Å². The van der Waals surface area contributed by atoms with Gasteiger partial charge in [0.25, 0.3) is 0 Å². The van der Waals surface area contributed by atoms with Crippen molar-refractivity contribution in [1.82, 2.24) is 0 Å². The molecule has 40 heavy (non-hydrogen) atoms. The fraction of sp³-hybridized carbons (Fsp3) is 0.862. The van der Waals surface area contributed by atoms with Gasteiger partial charge in [0.1, 0.15) is 24.9 Å². The lowest BCUT2D eigenvalue weighted by Gasteiger charge is -2.65. The number of rotatable bonds is 4. The Kier molecular flexibility index (Phi) is 6.93. The maximum absolute atomic E-state index is 12.4. The monoisotopic (exact) mass is 565 g/mol. The summed E-state index contributed by atoms with van der Waals surface area (Å²) in [5.41, 5.74) is -2.62. The molecule has 5 fully saturated rings. The maximum Gasteiger partial charge on any atom is 0.331 e. The number of hydrogen-bond acceptors (Lipinski definition) is 11. The van der Waals surface area contributed by atoms with Crippen LogP contribution in [-0.2, 0) is 19.0 Å². The highest BCUT2D eigenvalue weighted by Gasteiger charge is 2.71. The van der Waals surface area contributed by atoms with Crippen molar-refractivity contribution in [2.45, 2.75) is 120 Å². The molecule has 11 heteroatoms. The number of oxime groups is 1. The molecule has 6 N–H and O–H groups in total. The smallest absolute Gasteiger partial charge is 0.331 e. The Morgan fingerprint density at radius 2 is 1.75 bits per heavy atom. The van der Waals surface area contributed by atoms with E-state index in [2.05, 4.69) is 12.1 Å². The van der Waals surface area contributed by atoms with Crippen LogP contribution in [0.3, 0.4) is 0 Å². The second kappa shape index (κ2) is 9.72. The number of aliphatic hydroxyl groups is 5. The lowest BCUT2D eigenvalue weighted by Crippen LogP contribution is -2.69. The summed E-state index contributed by atoms with van der Waals surface area (Å²) >= 11 is 0. The SMILES string of the molecule is C[C@@H]1O[C@H](O[C@@H]2CC[C@]3(/C=N\O)[C@H]4CC[C@]5(C)[C@H](C6=CC(=O)OC6)CC[C@]5(O)[C@@H]4CC[C@]3(O)C2)[C@@H](O)[C@H](O)[C@H]1O. The van der Waals surface area contributed by atoms with Gasteiger partial charge in [-0.3, -0.25) is 0 Å². The van der Waals surface area contributed by atoms with Crippen LogP contribution in [-0.4, -0.2) is 97.5 Å². The Morgan fingerprint density at radius 3 is 2.45 bits per heavy atom. The highest BCUT2D eigenvalue weighted by Crippen LogP contribution is 2.70. The molecule has 0 bridgehead atoms. The molecule has 11 nitrogen and oxygen atoms in total. The first kappa shape index (κ1) is 28.5. The number of carbonyl (C=O) groups is 1. The topological polar surface area (TPSA) is 178 Å². The van der Waals surface area contributed by atoms with Gasteiger partial charge in [0.15, 0.2) is 6.29 Å². The summed E-state index contributed by atoms with van der Waals surface area (Å²) in [6.45, 7) is 4.00. The maximum atomic E-state index is 12.4. The summed E-state index contributed by atoms with van der Waals surface area (Å²) in [5, 5.41) is 68.7. The van der Waals surface area contributed by atoms with Gasteiger partial charge in [0, 0.05) is 23.3 Å². The molecule has 0 aromatic carbocycles. The summed E-state index contributed by atoms with van der Waals surface area (Å²) in [6.07, 6.45) is 1.55. The third-order valence-corrected chi connectivity index (χ3v) is 12.0. The van der Waals surface area contributed by atoms with Gasteiger partial charge in [-0.25, -0.2) is 4.79 Å². The van der Waals surface area contributed by atoms with Crippen LogP contribution < -0.4 is 0 Å². The van der Waals surface area contributed by atoms with E-state index < -0.39 is 58.8 Å². The van der Waals surface area contributed by atoms with E-state index in [1.165, 1.54) is 6.21 Å². The summed E-state index contributed by atoms with van der Waals surface area (Å²) in [7, 11) is 0. The van der Waals surface area contributed by atoms with Gasteiger partial charge in [0.05, 0.1) is 29.6 Å². The van der Waals surface area contributed by atoms with Crippen LogP contribution >= 0.6 is 0 Å². The van der Waals surface area contributed by atoms with Crippen molar-refractivity contribution in [3.05, 3.63) is 11.6 Å². The molecule has 0 aromatic heterocycles. The Labute approximate surface area is 233 Å². The first-order chi connectivity index (χ1) is 18.9. The minimum Gasteiger partial charge on any atom is -0.458 e. The van der Waals surface area contributed by atoms with Gasteiger partial charge in [-0.15, -0.1) is 5.16 Å². The number of hydrogen-bond donors (Lipinski definition) is 6. The predicted molar refractivity (Wildman–Crippen MR) is 139 cm³/mol. The minimum atomic E-state index is -1.43. The predicted octanol–water partition coefficient (Wildman–Crippen LogP) is 1.01. The van der Waals surface area contributed by atoms with Crippen LogP contribution in [0.4, 0.5) is 0 Å². The van der Waals surface area contributed by atoms with Crippen LogP contribution in [0.1, 0.15) is 71.6 Å². The fourth-order valence-electron chi connectivity index (χ4n) is 9.88. The van der Waals surface area contributed by atoms with E-state index in [-0.39, 0.29) is 36.8 Å². The van der Waals surface area contributed by atoms with Crippen molar-refractivity contribution < 1.29 is 49.7 Å². The third-order valence-electron chi connectivity index (χ3n) is 12.0. The molecule has 6 rings (SSSR count). The lowest BCUT2D eigenvalue weighted by molar-refractivity contribution is -0.316. The van der Waals surface area contributed by atoms with Crippen molar-refractivity contribution in [2.75, 3.05) is 6.61 Å². The van der Waals surface area contributed by atoms with Gasteiger partial charge < -0.3 is 45.0 Å². The van der Waals surface area contributed by atoms with Crippen LogP contribution in [0.5, 0.6) is 0 Å². The quantitative estimate of drug-likeness (QED) is 0.0947. The zero-order valence-corrected chi connectivity index (χ0v) is 23.2. The molecule has 224 valence electrons. The zero-order chi connectivity index (χ0) is 28.7. The molecule has 0 radical (unpaired) electrons. The first-order valence-electron chi connectivity index (χ1n) is 14.7. The standard InChI is InChI=1S/C29H43NO10/c1-15-22(32)23(33)24(34)25(39-15)40-17-3-8-27(14-30-37)19-4-7-26(2)18(16-11-21(31)38-13-16)6-10-29(26,36)20(19)5-9-28(27,35)12-17/h11,14-15,17-20,22-25,32-37H,3-10,12-13H2,1-2H3/b30-14-/t15-,17+,18-,19-,20+,22-,23+,24-,25+,26+,27-,28-,29-/m0/s1. The molecule has 2 aliphatic heterocycles. The Balaban J connectivity index is 1.24. The second-order valence-corrected chi connectivity index (χ2v) is 13.5. The molecule has 0 spiro atoms. The first-order valence-corrected chi connectivity index (χ1v) is 14.7. The van der Waals surface area contributed by atoms with Gasteiger partial charge in [-0.05, 0) is 81.6 Å². The van der Waals surface area contributed by atoms with Crippen molar-refractivity contribution >= 4 is 12.2 Å². The number of ether oxygens (including phenoxy) is 3. The number of nitrogens with zero attached hydrogens (tertiary/aromatic N) is 1. The van der Waals surface area contributed by atoms with E-state index in [4.69, 9.17) is 14.2 Å². The van der Waals surface area contributed by atoms with Gasteiger partial charge in [-0.1, -0.05) is 6.92 Å². The summed E-state index contributed by atoms with van der Waals surface area (Å²) in [5.74, 6) is -0.514.